The van der Waals surface area contributed by atoms with Crippen molar-refractivity contribution in [3.8, 4) is 0 Å². The molecule has 0 atom stereocenters. The quantitative estimate of drug-likeness (QED) is 0.0385. The number of carboxylic acids is 1. The van der Waals surface area contributed by atoms with E-state index in [1.165, 1.54) is 205 Å². The van der Waals surface area contributed by atoms with E-state index >= 15 is 0 Å². The summed E-state index contributed by atoms with van der Waals surface area (Å²) < 4.78 is 5.46. The first-order valence-corrected chi connectivity index (χ1v) is 23.3. The lowest BCUT2D eigenvalue weighted by molar-refractivity contribution is -0.144. The number of esters is 1. The summed E-state index contributed by atoms with van der Waals surface area (Å²) in [5.41, 5.74) is 0. The number of unbranched alkanes of at least 4 members (excludes halogenated alkanes) is 34. The highest BCUT2D eigenvalue weighted by molar-refractivity contribution is 5.69. The maximum Gasteiger partial charge on any atom is 0.305 e. The Balaban J connectivity index is 3.17. The minimum Gasteiger partial charge on any atom is -0.481 e. The van der Waals surface area contributed by atoms with Crippen LogP contribution in [0.2, 0.25) is 0 Å². The fourth-order valence-electron chi connectivity index (χ4n) is 7.14. The largest absolute Gasteiger partial charge is 0.481 e. The van der Waals surface area contributed by atoms with Crippen LogP contribution in [0.3, 0.4) is 0 Å². The molecule has 0 radical (unpaired) electrons. The van der Waals surface area contributed by atoms with Gasteiger partial charge in [0.25, 0.3) is 0 Å². The molecule has 0 aliphatic carbocycles. The number of carbonyl (C=O) groups excluding carboxylic acids is 1. The van der Waals surface area contributed by atoms with Crippen LogP contribution in [0.4, 0.5) is 0 Å². The third-order valence-corrected chi connectivity index (χ3v) is 10.6. The molecule has 0 saturated carbocycles. The maximum absolute atomic E-state index is 12.0. The van der Waals surface area contributed by atoms with Crippen molar-refractivity contribution in [2.75, 3.05) is 6.61 Å². The fraction of sp³-hybridized carbons (Fsp3) is 0.875. The summed E-state index contributed by atoms with van der Waals surface area (Å²) in [6.07, 6.45) is 59.5. The number of carbonyl (C=O) groups is 2. The summed E-state index contributed by atoms with van der Waals surface area (Å²) in [4.78, 5) is 22.5. The first-order valence-electron chi connectivity index (χ1n) is 23.3. The van der Waals surface area contributed by atoms with E-state index in [9.17, 15) is 9.59 Å². The van der Waals surface area contributed by atoms with Crippen LogP contribution in [-0.2, 0) is 14.3 Å². The molecule has 306 valence electrons. The summed E-state index contributed by atoms with van der Waals surface area (Å²) in [5.74, 6) is -0.648. The van der Waals surface area contributed by atoms with Crippen LogP contribution in [0.1, 0.15) is 264 Å². The molecule has 0 fully saturated rings. The second-order valence-electron chi connectivity index (χ2n) is 15.9. The molecule has 0 aliphatic rings. The number of allylic oxidation sites excluding steroid dienone is 4. The van der Waals surface area contributed by atoms with Crippen LogP contribution < -0.4 is 0 Å². The number of carboxylic acid groups (broad SMARTS) is 1. The fourth-order valence-corrected chi connectivity index (χ4v) is 7.14. The summed E-state index contributed by atoms with van der Waals surface area (Å²) in [5, 5.41) is 8.66. The van der Waals surface area contributed by atoms with Crippen molar-refractivity contribution in [3.05, 3.63) is 24.3 Å². The van der Waals surface area contributed by atoms with Crippen LogP contribution in [0, 0.1) is 0 Å². The average Bonchev–Trinajstić information content (AvgIpc) is 3.13. The molecule has 4 heteroatoms. The SMILES string of the molecule is CCCCCC=CCC=CCCCCCCCC(=O)OCCCCCCCCCCCCCCCCCCCCCCCCCCCCCC(=O)O. The van der Waals surface area contributed by atoms with Crippen molar-refractivity contribution in [1.82, 2.24) is 0 Å². The Kier molecular flexibility index (Phi) is 44.2. The van der Waals surface area contributed by atoms with E-state index in [1.54, 1.807) is 0 Å². The molecular weight excluding hydrogens is 641 g/mol. The van der Waals surface area contributed by atoms with Gasteiger partial charge >= 0.3 is 11.9 Å². The highest BCUT2D eigenvalue weighted by atomic mass is 16.5. The topological polar surface area (TPSA) is 63.6 Å². The van der Waals surface area contributed by atoms with Gasteiger partial charge in [0.05, 0.1) is 6.61 Å². The zero-order valence-electron chi connectivity index (χ0n) is 35.0. The lowest BCUT2D eigenvalue weighted by Crippen LogP contribution is -2.05. The van der Waals surface area contributed by atoms with Gasteiger partial charge in [0.2, 0.25) is 0 Å². The second-order valence-corrected chi connectivity index (χ2v) is 15.9. The Morgan fingerprint density at radius 3 is 1.06 bits per heavy atom. The monoisotopic (exact) mass is 731 g/mol. The Morgan fingerprint density at radius 1 is 0.385 bits per heavy atom. The molecule has 0 rings (SSSR count). The summed E-state index contributed by atoms with van der Waals surface area (Å²) >= 11 is 0. The third-order valence-electron chi connectivity index (χ3n) is 10.6. The van der Waals surface area contributed by atoms with E-state index < -0.39 is 5.97 Å². The van der Waals surface area contributed by atoms with Gasteiger partial charge in [0, 0.05) is 12.8 Å². The van der Waals surface area contributed by atoms with Crippen molar-refractivity contribution < 1.29 is 19.4 Å². The lowest BCUT2D eigenvalue weighted by atomic mass is 10.0. The molecular formula is C48H90O4. The maximum atomic E-state index is 12.0. The molecule has 52 heavy (non-hydrogen) atoms. The molecule has 0 aromatic heterocycles. The number of hydrogen-bond donors (Lipinski definition) is 1. The predicted octanol–water partition coefficient (Wildman–Crippen LogP) is 16.4. The van der Waals surface area contributed by atoms with E-state index in [1.807, 2.05) is 0 Å². The molecule has 0 bridgehead atoms. The predicted molar refractivity (Wildman–Crippen MR) is 227 cm³/mol. The molecule has 0 aromatic carbocycles. The minimum atomic E-state index is -0.654. The van der Waals surface area contributed by atoms with Gasteiger partial charge < -0.3 is 9.84 Å². The Morgan fingerprint density at radius 2 is 0.692 bits per heavy atom. The summed E-state index contributed by atoms with van der Waals surface area (Å²) in [7, 11) is 0. The normalized spacial score (nSPS) is 11.7. The number of hydrogen-bond acceptors (Lipinski definition) is 3. The molecule has 0 aliphatic heterocycles. The molecule has 0 aromatic rings. The van der Waals surface area contributed by atoms with Gasteiger partial charge in [-0.1, -0.05) is 224 Å². The molecule has 1 N–H and O–H groups in total. The van der Waals surface area contributed by atoms with E-state index in [4.69, 9.17) is 9.84 Å². The van der Waals surface area contributed by atoms with Crippen molar-refractivity contribution in [1.29, 1.82) is 0 Å². The zero-order chi connectivity index (χ0) is 37.7. The van der Waals surface area contributed by atoms with E-state index in [2.05, 4.69) is 31.2 Å². The Labute approximate surface area is 325 Å². The van der Waals surface area contributed by atoms with Crippen LogP contribution in [0.15, 0.2) is 24.3 Å². The lowest BCUT2D eigenvalue weighted by Gasteiger charge is -2.06. The highest BCUT2D eigenvalue weighted by Gasteiger charge is 2.03. The van der Waals surface area contributed by atoms with Crippen LogP contribution in [0.25, 0.3) is 0 Å². The first kappa shape index (κ1) is 50.4. The second kappa shape index (κ2) is 45.6. The smallest absolute Gasteiger partial charge is 0.305 e. The Bertz CT molecular complexity index is 772. The number of ether oxygens (including phenoxy) is 1. The van der Waals surface area contributed by atoms with Crippen LogP contribution in [0.5, 0.6) is 0 Å². The zero-order valence-corrected chi connectivity index (χ0v) is 35.0. The third kappa shape index (κ3) is 46.4. The molecule has 0 unspecified atom stereocenters. The van der Waals surface area contributed by atoms with Gasteiger partial charge in [-0.05, 0) is 51.4 Å². The summed E-state index contributed by atoms with van der Waals surface area (Å²) in [6, 6.07) is 0. The van der Waals surface area contributed by atoms with E-state index in [0.29, 0.717) is 19.4 Å². The molecule has 0 saturated heterocycles. The molecule has 0 amide bonds. The molecule has 0 heterocycles. The van der Waals surface area contributed by atoms with Crippen molar-refractivity contribution >= 4 is 11.9 Å². The average molecular weight is 731 g/mol. The molecule has 4 nitrogen and oxygen atoms in total. The van der Waals surface area contributed by atoms with Gasteiger partial charge in [-0.3, -0.25) is 9.59 Å². The van der Waals surface area contributed by atoms with E-state index in [-0.39, 0.29) is 5.97 Å². The van der Waals surface area contributed by atoms with Gasteiger partial charge in [0.15, 0.2) is 0 Å². The van der Waals surface area contributed by atoms with E-state index in [0.717, 1.165) is 38.5 Å². The number of aliphatic carboxylic acids is 1. The van der Waals surface area contributed by atoms with Gasteiger partial charge in [-0.15, -0.1) is 0 Å². The molecule has 0 spiro atoms. The van der Waals surface area contributed by atoms with Gasteiger partial charge in [0.1, 0.15) is 0 Å². The number of rotatable bonds is 44. The Hall–Kier alpha value is -1.58. The van der Waals surface area contributed by atoms with Gasteiger partial charge in [-0.25, -0.2) is 0 Å². The van der Waals surface area contributed by atoms with Crippen molar-refractivity contribution in [2.45, 2.75) is 264 Å². The minimum absolute atomic E-state index is 0.00599. The standard InChI is InChI=1S/C48H90O4/c1-2-3-4-5-6-7-8-9-23-27-30-33-36-39-42-45-48(51)52-46-43-40-37-34-31-28-25-22-20-18-16-14-12-10-11-13-15-17-19-21-24-26-29-32-35-38-41-44-47(49)50/h6-7,9,23H,2-5,8,10-22,24-46H2,1H3,(H,49,50). The van der Waals surface area contributed by atoms with Crippen LogP contribution >= 0.6 is 0 Å². The van der Waals surface area contributed by atoms with Gasteiger partial charge in [-0.2, -0.15) is 0 Å². The summed E-state index contributed by atoms with van der Waals surface area (Å²) in [6.45, 7) is 2.87. The van der Waals surface area contributed by atoms with Crippen molar-refractivity contribution in [2.24, 2.45) is 0 Å². The van der Waals surface area contributed by atoms with Crippen LogP contribution in [-0.4, -0.2) is 23.7 Å². The van der Waals surface area contributed by atoms with Crippen molar-refractivity contribution in [3.63, 3.8) is 0 Å². The first-order chi connectivity index (χ1) is 25.7. The highest BCUT2D eigenvalue weighted by Crippen LogP contribution is 2.17.